The van der Waals surface area contributed by atoms with Gasteiger partial charge in [0.25, 0.3) is 0 Å². The molecular weight excluding hydrogens is 184 g/mol. The van der Waals surface area contributed by atoms with Crippen molar-refractivity contribution in [1.29, 1.82) is 0 Å². The second-order valence-electron chi connectivity index (χ2n) is 5.28. The van der Waals surface area contributed by atoms with E-state index in [4.69, 9.17) is 0 Å². The van der Waals surface area contributed by atoms with Crippen LogP contribution in [0.4, 0.5) is 0 Å². The standard InChI is InChI=1S/C10H20O2S/c1-9(2,3)8(11)7-13(12)10(4,5)6/h7H2,1-6H3. The van der Waals surface area contributed by atoms with Crippen molar-refractivity contribution in [3.05, 3.63) is 0 Å². The normalized spacial score (nSPS) is 15.5. The van der Waals surface area contributed by atoms with Gasteiger partial charge in [-0.3, -0.25) is 9.00 Å². The summed E-state index contributed by atoms with van der Waals surface area (Å²) in [6.07, 6.45) is 0. The summed E-state index contributed by atoms with van der Waals surface area (Å²) < 4.78 is 11.3. The Labute approximate surface area is 83.6 Å². The Morgan fingerprint density at radius 3 is 1.69 bits per heavy atom. The molecule has 0 aromatic rings. The monoisotopic (exact) mass is 204 g/mol. The molecule has 0 aliphatic heterocycles. The number of hydrogen-bond donors (Lipinski definition) is 0. The van der Waals surface area contributed by atoms with E-state index in [1.54, 1.807) is 0 Å². The molecule has 1 unspecified atom stereocenters. The average molecular weight is 204 g/mol. The average Bonchev–Trinajstić information content (AvgIpc) is 1.82. The van der Waals surface area contributed by atoms with Gasteiger partial charge < -0.3 is 0 Å². The smallest absolute Gasteiger partial charge is 0.150 e. The van der Waals surface area contributed by atoms with Crippen molar-refractivity contribution in [3.8, 4) is 0 Å². The molecule has 0 saturated carbocycles. The van der Waals surface area contributed by atoms with Crippen LogP contribution in [-0.2, 0) is 15.6 Å². The SMILES string of the molecule is CC(C)(C)C(=O)CS(=O)C(C)(C)C. The minimum atomic E-state index is -1.06. The van der Waals surface area contributed by atoms with Gasteiger partial charge in [-0.1, -0.05) is 20.8 Å². The van der Waals surface area contributed by atoms with E-state index in [-0.39, 0.29) is 21.7 Å². The summed E-state index contributed by atoms with van der Waals surface area (Å²) in [4.78, 5) is 11.5. The van der Waals surface area contributed by atoms with Crippen molar-refractivity contribution < 1.29 is 9.00 Å². The van der Waals surface area contributed by atoms with Gasteiger partial charge in [0.2, 0.25) is 0 Å². The maximum atomic E-state index is 11.6. The predicted molar refractivity (Wildman–Crippen MR) is 57.2 cm³/mol. The Hall–Kier alpha value is -0.180. The Balaban J connectivity index is 4.34. The van der Waals surface area contributed by atoms with Crippen molar-refractivity contribution in [2.24, 2.45) is 5.41 Å². The molecule has 0 rings (SSSR count). The molecular formula is C10H20O2S. The molecule has 3 heteroatoms. The number of hydrogen-bond acceptors (Lipinski definition) is 2. The van der Waals surface area contributed by atoms with Crippen molar-refractivity contribution in [2.75, 3.05) is 5.75 Å². The summed E-state index contributed by atoms with van der Waals surface area (Å²) in [5, 5.41) is 0. The summed E-state index contributed by atoms with van der Waals surface area (Å²) in [6.45, 7) is 11.2. The van der Waals surface area contributed by atoms with Gasteiger partial charge in [-0.05, 0) is 20.8 Å². The topological polar surface area (TPSA) is 34.1 Å². The largest absolute Gasteiger partial charge is 0.298 e. The molecule has 0 spiro atoms. The summed E-state index contributed by atoms with van der Waals surface area (Å²) in [6, 6.07) is 0. The number of carbonyl (C=O) groups excluding carboxylic acids is 1. The van der Waals surface area contributed by atoms with Gasteiger partial charge >= 0.3 is 0 Å². The molecule has 0 bridgehead atoms. The van der Waals surface area contributed by atoms with Crippen LogP contribution in [0.2, 0.25) is 0 Å². The van der Waals surface area contributed by atoms with E-state index < -0.39 is 10.8 Å². The van der Waals surface area contributed by atoms with Crippen LogP contribution in [0.15, 0.2) is 0 Å². The molecule has 2 nitrogen and oxygen atoms in total. The first-order valence-electron chi connectivity index (χ1n) is 4.47. The van der Waals surface area contributed by atoms with Gasteiger partial charge in [-0.15, -0.1) is 0 Å². The third-order valence-corrected chi connectivity index (χ3v) is 3.67. The number of Topliss-reactive ketones (excluding diaryl/α,β-unsaturated/α-hetero) is 1. The lowest BCUT2D eigenvalue weighted by molar-refractivity contribution is -0.123. The van der Waals surface area contributed by atoms with Crippen molar-refractivity contribution >= 4 is 16.6 Å². The molecule has 0 aliphatic rings. The van der Waals surface area contributed by atoms with Gasteiger partial charge in [-0.2, -0.15) is 0 Å². The number of carbonyl (C=O) groups is 1. The maximum Gasteiger partial charge on any atom is 0.150 e. The minimum absolute atomic E-state index is 0.0701. The molecule has 0 radical (unpaired) electrons. The fourth-order valence-corrected chi connectivity index (χ4v) is 1.66. The number of rotatable bonds is 2. The van der Waals surface area contributed by atoms with Crippen LogP contribution in [0, 0.1) is 5.41 Å². The molecule has 13 heavy (non-hydrogen) atoms. The zero-order valence-electron chi connectivity index (χ0n) is 9.43. The van der Waals surface area contributed by atoms with Gasteiger partial charge in [-0.25, -0.2) is 0 Å². The minimum Gasteiger partial charge on any atom is -0.298 e. The van der Waals surface area contributed by atoms with Crippen LogP contribution in [0.1, 0.15) is 41.5 Å². The number of ketones is 1. The Morgan fingerprint density at radius 2 is 1.46 bits per heavy atom. The summed E-state index contributed by atoms with van der Waals surface area (Å²) in [7, 11) is -1.06. The highest BCUT2D eigenvalue weighted by atomic mass is 32.2. The predicted octanol–water partition coefficient (Wildman–Crippen LogP) is 2.15. The van der Waals surface area contributed by atoms with Gasteiger partial charge in [0.15, 0.2) is 5.78 Å². The summed E-state index contributed by atoms with van der Waals surface area (Å²) in [5.41, 5.74) is -0.374. The summed E-state index contributed by atoms with van der Waals surface area (Å²) in [5.74, 6) is 0.244. The van der Waals surface area contributed by atoms with E-state index >= 15 is 0 Å². The highest BCUT2D eigenvalue weighted by Gasteiger charge is 2.27. The third kappa shape index (κ3) is 4.55. The van der Waals surface area contributed by atoms with E-state index in [9.17, 15) is 9.00 Å². The van der Waals surface area contributed by atoms with E-state index in [0.717, 1.165) is 0 Å². The second-order valence-corrected chi connectivity index (χ2v) is 7.48. The van der Waals surface area contributed by atoms with Crippen LogP contribution in [0.25, 0.3) is 0 Å². The van der Waals surface area contributed by atoms with E-state index in [0.29, 0.717) is 0 Å². The molecule has 1 atom stereocenters. The van der Waals surface area contributed by atoms with Gasteiger partial charge in [0, 0.05) is 21.0 Å². The van der Waals surface area contributed by atoms with Gasteiger partial charge in [0.05, 0.1) is 5.75 Å². The maximum absolute atomic E-state index is 11.6. The molecule has 0 aromatic carbocycles. The lowest BCUT2D eigenvalue weighted by Crippen LogP contribution is -2.32. The molecule has 0 aliphatic carbocycles. The van der Waals surface area contributed by atoms with Crippen LogP contribution < -0.4 is 0 Å². The van der Waals surface area contributed by atoms with Crippen LogP contribution in [0.5, 0.6) is 0 Å². The molecule has 0 fully saturated rings. The fourth-order valence-electron chi connectivity index (χ4n) is 0.552. The highest BCUT2D eigenvalue weighted by Crippen LogP contribution is 2.18. The first-order valence-corrected chi connectivity index (χ1v) is 5.79. The van der Waals surface area contributed by atoms with Gasteiger partial charge in [0.1, 0.15) is 0 Å². The quantitative estimate of drug-likeness (QED) is 0.690. The summed E-state index contributed by atoms with van der Waals surface area (Å²) >= 11 is 0. The molecule has 0 N–H and O–H groups in total. The van der Waals surface area contributed by atoms with E-state index in [2.05, 4.69) is 0 Å². The van der Waals surface area contributed by atoms with Crippen molar-refractivity contribution in [1.82, 2.24) is 0 Å². The fraction of sp³-hybridized carbons (Fsp3) is 0.900. The lowest BCUT2D eigenvalue weighted by Gasteiger charge is -2.21. The molecule has 0 aromatic heterocycles. The molecule has 0 saturated heterocycles. The van der Waals surface area contributed by atoms with Crippen molar-refractivity contribution in [3.63, 3.8) is 0 Å². The first-order chi connectivity index (χ1) is 5.55. The van der Waals surface area contributed by atoms with E-state index in [1.165, 1.54) is 0 Å². The first kappa shape index (κ1) is 12.8. The Morgan fingerprint density at radius 1 is 1.08 bits per heavy atom. The van der Waals surface area contributed by atoms with Crippen LogP contribution >= 0.6 is 0 Å². The third-order valence-electron chi connectivity index (χ3n) is 1.78. The zero-order chi connectivity index (χ0) is 10.9. The lowest BCUT2D eigenvalue weighted by atomic mass is 9.92. The molecule has 0 amide bonds. The van der Waals surface area contributed by atoms with E-state index in [1.807, 2.05) is 41.5 Å². The van der Waals surface area contributed by atoms with Crippen LogP contribution in [-0.4, -0.2) is 20.5 Å². The Bertz CT molecular complexity index is 194. The van der Waals surface area contributed by atoms with Crippen molar-refractivity contribution in [2.45, 2.75) is 46.3 Å². The molecule has 0 heterocycles. The second kappa shape index (κ2) is 3.91. The highest BCUT2D eigenvalue weighted by molar-refractivity contribution is 7.87. The zero-order valence-corrected chi connectivity index (χ0v) is 10.2. The Kier molecular flexibility index (Phi) is 3.85. The van der Waals surface area contributed by atoms with Crippen LogP contribution in [0.3, 0.4) is 0 Å². The molecule has 78 valence electrons.